The Morgan fingerprint density at radius 3 is 2.59 bits per heavy atom. The van der Waals surface area contributed by atoms with Crippen LogP contribution in [-0.2, 0) is 16.6 Å². The van der Waals surface area contributed by atoms with Crippen molar-refractivity contribution in [2.45, 2.75) is 12.1 Å². The summed E-state index contributed by atoms with van der Waals surface area (Å²) in [4.78, 5) is 36.4. The van der Waals surface area contributed by atoms with Crippen molar-refractivity contribution in [3.8, 4) is 11.4 Å². The second-order valence-corrected chi connectivity index (χ2v) is 9.22. The number of rotatable bonds is 7. The van der Waals surface area contributed by atoms with Gasteiger partial charge in [-0.1, -0.05) is 35.0 Å². The van der Waals surface area contributed by atoms with E-state index in [-0.39, 0.29) is 21.2 Å². The van der Waals surface area contributed by atoms with Crippen LogP contribution in [-0.4, -0.2) is 45.4 Å². The second-order valence-electron chi connectivity index (χ2n) is 6.45. The van der Waals surface area contributed by atoms with Gasteiger partial charge in [0.05, 0.1) is 33.3 Å². The number of primary amides is 1. The van der Waals surface area contributed by atoms with Crippen LogP contribution in [0, 0.1) is 6.92 Å². The Bertz CT molecular complexity index is 1220. The average molecular weight is 514 g/mol. The molecular weight excluding hydrogens is 497 g/mol. The van der Waals surface area contributed by atoms with E-state index >= 15 is 0 Å². The zero-order valence-electron chi connectivity index (χ0n) is 17.1. The van der Waals surface area contributed by atoms with E-state index in [0.717, 1.165) is 28.7 Å². The van der Waals surface area contributed by atoms with E-state index in [2.05, 4.69) is 15.5 Å². The van der Waals surface area contributed by atoms with Crippen LogP contribution >= 0.6 is 46.3 Å². The lowest BCUT2D eigenvalue weighted by atomic mass is 10.1. The van der Waals surface area contributed by atoms with E-state index in [1.54, 1.807) is 36.7 Å². The number of thiophene rings is 1. The van der Waals surface area contributed by atoms with Gasteiger partial charge in [-0.15, -0.1) is 21.5 Å². The van der Waals surface area contributed by atoms with Gasteiger partial charge in [-0.05, 0) is 30.7 Å². The maximum Gasteiger partial charge on any atom is 0.341 e. The van der Waals surface area contributed by atoms with Gasteiger partial charge in [-0.25, -0.2) is 4.79 Å². The summed E-state index contributed by atoms with van der Waals surface area (Å²) in [6.07, 6.45) is 0. The molecule has 32 heavy (non-hydrogen) atoms. The number of aromatic nitrogens is 3. The summed E-state index contributed by atoms with van der Waals surface area (Å²) in [5.74, 6) is -1.23. The molecule has 2 amide bonds. The maximum atomic E-state index is 12.5. The predicted octanol–water partition coefficient (Wildman–Crippen LogP) is 3.78. The van der Waals surface area contributed by atoms with Crippen molar-refractivity contribution in [1.29, 1.82) is 0 Å². The van der Waals surface area contributed by atoms with Gasteiger partial charge in [-0.3, -0.25) is 9.59 Å². The van der Waals surface area contributed by atoms with Crippen LogP contribution in [0.15, 0.2) is 23.4 Å². The molecule has 0 atom stereocenters. The molecule has 0 radical (unpaired) electrons. The highest BCUT2D eigenvalue weighted by molar-refractivity contribution is 7.99. The van der Waals surface area contributed by atoms with Gasteiger partial charge >= 0.3 is 5.97 Å². The fraction of sp³-hybridized carbons (Fsp3) is 0.211. The van der Waals surface area contributed by atoms with E-state index in [1.165, 1.54) is 7.11 Å². The lowest BCUT2D eigenvalue weighted by molar-refractivity contribution is -0.113. The Morgan fingerprint density at radius 2 is 1.97 bits per heavy atom. The molecule has 0 saturated carbocycles. The highest BCUT2D eigenvalue weighted by atomic mass is 35.5. The van der Waals surface area contributed by atoms with Crippen molar-refractivity contribution in [2.75, 3.05) is 18.2 Å². The zero-order valence-corrected chi connectivity index (χ0v) is 20.2. The summed E-state index contributed by atoms with van der Waals surface area (Å²) in [6, 6.07) is 5.11. The number of benzene rings is 1. The highest BCUT2D eigenvalue weighted by Crippen LogP contribution is 2.34. The molecule has 0 bridgehead atoms. The molecule has 2 aromatic heterocycles. The third kappa shape index (κ3) is 4.90. The Kier molecular flexibility index (Phi) is 7.44. The second kappa shape index (κ2) is 9.90. The summed E-state index contributed by atoms with van der Waals surface area (Å²) in [5.41, 5.74) is 6.54. The van der Waals surface area contributed by atoms with Gasteiger partial charge in [0.2, 0.25) is 5.91 Å². The number of anilines is 1. The average Bonchev–Trinajstić information content (AvgIpc) is 3.27. The number of esters is 1. The van der Waals surface area contributed by atoms with Crippen molar-refractivity contribution in [1.82, 2.24) is 14.8 Å². The number of thioether (sulfide) groups is 1. The summed E-state index contributed by atoms with van der Waals surface area (Å²) in [5, 5.41) is 12.4. The van der Waals surface area contributed by atoms with Crippen LogP contribution in [0.1, 0.15) is 25.6 Å². The Hall–Kier alpha value is -2.60. The summed E-state index contributed by atoms with van der Waals surface area (Å²) in [7, 11) is 2.97. The molecule has 3 aromatic rings. The molecule has 3 N–H and O–H groups in total. The summed E-state index contributed by atoms with van der Waals surface area (Å²) >= 11 is 14.1. The highest BCUT2D eigenvalue weighted by Gasteiger charge is 2.25. The number of nitrogens with zero attached hydrogens (tertiary/aromatic N) is 3. The molecule has 0 saturated heterocycles. The molecule has 0 aliphatic carbocycles. The number of methoxy groups -OCH3 is 1. The summed E-state index contributed by atoms with van der Waals surface area (Å²) in [6.45, 7) is 1.57. The minimum atomic E-state index is -0.693. The topological polar surface area (TPSA) is 129 Å². The number of nitrogens with two attached hydrogens (primary N) is 1. The summed E-state index contributed by atoms with van der Waals surface area (Å²) < 4.78 is 6.48. The van der Waals surface area contributed by atoms with Gasteiger partial charge < -0.3 is 20.4 Å². The molecule has 13 heteroatoms. The number of halogens is 2. The zero-order chi connectivity index (χ0) is 23.6. The molecule has 0 aliphatic rings. The first kappa shape index (κ1) is 24.1. The quantitative estimate of drug-likeness (QED) is 0.363. The van der Waals surface area contributed by atoms with Crippen LogP contribution in [0.4, 0.5) is 5.00 Å². The van der Waals surface area contributed by atoms with E-state index < -0.39 is 17.8 Å². The first-order valence-corrected chi connectivity index (χ1v) is 11.5. The fourth-order valence-corrected chi connectivity index (χ4v) is 4.88. The van der Waals surface area contributed by atoms with Crippen molar-refractivity contribution >= 4 is 69.1 Å². The molecule has 9 nitrogen and oxygen atoms in total. The van der Waals surface area contributed by atoms with Gasteiger partial charge in [-0.2, -0.15) is 0 Å². The largest absolute Gasteiger partial charge is 0.465 e. The van der Waals surface area contributed by atoms with Crippen LogP contribution in [0.3, 0.4) is 0 Å². The number of hydrogen-bond donors (Lipinski definition) is 2. The van der Waals surface area contributed by atoms with Gasteiger partial charge in [0.15, 0.2) is 11.0 Å². The Labute approximate surface area is 201 Å². The normalized spacial score (nSPS) is 10.8. The SMILES string of the molecule is COC(=O)c1c(NC(=O)CSc2nnc(-c3ccc(Cl)c(Cl)c3)n2C)sc(C(N)=O)c1C. The molecule has 0 fully saturated rings. The lowest BCUT2D eigenvalue weighted by Gasteiger charge is -2.07. The van der Waals surface area contributed by atoms with Gasteiger partial charge in [0.1, 0.15) is 5.00 Å². The first-order chi connectivity index (χ1) is 15.1. The van der Waals surface area contributed by atoms with Gasteiger partial charge in [0.25, 0.3) is 5.91 Å². The van der Waals surface area contributed by atoms with E-state index in [0.29, 0.717) is 26.6 Å². The van der Waals surface area contributed by atoms with Crippen LogP contribution in [0.25, 0.3) is 11.4 Å². The van der Waals surface area contributed by atoms with Crippen molar-refractivity contribution in [2.24, 2.45) is 12.8 Å². The molecule has 3 rings (SSSR count). The molecule has 0 spiro atoms. The standard InChI is InChI=1S/C19H17Cl2N5O4S2/c1-8-13(18(29)30-3)17(32-14(8)15(22)28)23-12(27)7-31-19-25-24-16(26(19)2)9-4-5-10(20)11(21)6-9/h4-6H,7H2,1-3H3,(H2,22,28)(H,23,27). The van der Waals surface area contributed by atoms with E-state index in [4.69, 9.17) is 33.7 Å². The van der Waals surface area contributed by atoms with Crippen LogP contribution in [0.5, 0.6) is 0 Å². The first-order valence-electron chi connectivity index (χ1n) is 8.93. The minimum absolute atomic E-state index is 0.0171. The molecule has 168 valence electrons. The number of ether oxygens (including phenoxy) is 1. The maximum absolute atomic E-state index is 12.5. The lowest BCUT2D eigenvalue weighted by Crippen LogP contribution is -2.16. The molecular formula is C19H17Cl2N5O4S2. The number of carbonyl (C=O) groups is 3. The monoisotopic (exact) mass is 513 g/mol. The third-order valence-electron chi connectivity index (χ3n) is 4.36. The van der Waals surface area contributed by atoms with E-state index in [1.807, 2.05) is 0 Å². The van der Waals surface area contributed by atoms with E-state index in [9.17, 15) is 14.4 Å². The molecule has 0 aliphatic heterocycles. The fourth-order valence-electron chi connectivity index (χ4n) is 2.80. The van der Waals surface area contributed by atoms with Crippen molar-refractivity contribution < 1.29 is 19.1 Å². The number of carbonyl (C=O) groups excluding carboxylic acids is 3. The van der Waals surface area contributed by atoms with Crippen LogP contribution in [0.2, 0.25) is 10.0 Å². The number of hydrogen-bond acceptors (Lipinski definition) is 8. The number of amides is 2. The van der Waals surface area contributed by atoms with Crippen molar-refractivity contribution in [3.05, 3.63) is 44.2 Å². The molecule has 2 heterocycles. The van der Waals surface area contributed by atoms with Crippen molar-refractivity contribution in [3.63, 3.8) is 0 Å². The minimum Gasteiger partial charge on any atom is -0.465 e. The number of nitrogens with one attached hydrogen (secondary N) is 1. The molecule has 0 unspecified atom stereocenters. The van der Waals surface area contributed by atoms with Crippen LogP contribution < -0.4 is 11.1 Å². The smallest absolute Gasteiger partial charge is 0.341 e. The predicted molar refractivity (Wildman–Crippen MR) is 125 cm³/mol. The van der Waals surface area contributed by atoms with Gasteiger partial charge in [0, 0.05) is 12.6 Å². The Morgan fingerprint density at radius 1 is 1.25 bits per heavy atom. The molecule has 1 aromatic carbocycles. The Balaban J connectivity index is 1.74. The third-order valence-corrected chi connectivity index (χ3v) is 7.34.